The van der Waals surface area contributed by atoms with Gasteiger partial charge in [0.1, 0.15) is 5.82 Å². The minimum absolute atomic E-state index is 0.0292. The average Bonchev–Trinajstić information content (AvgIpc) is 2.87. The smallest absolute Gasteiger partial charge is 0.317 e. The van der Waals surface area contributed by atoms with Crippen molar-refractivity contribution >= 4 is 17.3 Å². The lowest BCUT2D eigenvalue weighted by Crippen LogP contribution is -2.34. The van der Waals surface area contributed by atoms with Gasteiger partial charge in [0.05, 0.1) is 6.54 Å². The topological polar surface area (TPSA) is 40.5 Å². The molecule has 0 atom stereocenters. The van der Waals surface area contributed by atoms with Crippen molar-refractivity contribution in [1.82, 2.24) is 4.90 Å². The van der Waals surface area contributed by atoms with Crippen molar-refractivity contribution in [2.45, 2.75) is 26.4 Å². The highest BCUT2D eigenvalue weighted by molar-refractivity contribution is 7.15. The van der Waals surface area contributed by atoms with Gasteiger partial charge in [-0.15, -0.1) is 11.3 Å². The fourth-order valence-corrected chi connectivity index (χ4v) is 3.07. The van der Waals surface area contributed by atoms with Gasteiger partial charge in [0.2, 0.25) is 0 Å². The third kappa shape index (κ3) is 4.37. The Morgan fingerprint density at radius 2 is 1.90 bits per heavy atom. The van der Waals surface area contributed by atoms with E-state index in [-0.39, 0.29) is 18.4 Å². The average molecular weight is 307 g/mol. The van der Waals surface area contributed by atoms with Crippen LogP contribution in [0.4, 0.5) is 4.39 Å². The molecule has 0 fully saturated rings. The van der Waals surface area contributed by atoms with Crippen LogP contribution in [0.2, 0.25) is 0 Å². The maximum Gasteiger partial charge on any atom is 0.317 e. The van der Waals surface area contributed by atoms with Crippen LogP contribution in [-0.4, -0.2) is 28.6 Å². The summed E-state index contributed by atoms with van der Waals surface area (Å²) in [6.07, 6.45) is 0. The Labute approximate surface area is 127 Å². The predicted molar refractivity (Wildman–Crippen MR) is 82.9 cm³/mol. The van der Waals surface area contributed by atoms with Gasteiger partial charge in [-0.1, -0.05) is 12.1 Å². The summed E-state index contributed by atoms with van der Waals surface area (Å²) in [5.74, 6) is -1.07. The lowest BCUT2D eigenvalue weighted by atomic mass is 10.2. The highest BCUT2D eigenvalue weighted by atomic mass is 32.1. The molecule has 0 amide bonds. The third-order valence-corrected chi connectivity index (χ3v) is 4.34. The molecule has 0 spiro atoms. The summed E-state index contributed by atoms with van der Waals surface area (Å²) in [6.45, 7) is 4.60. The van der Waals surface area contributed by atoms with E-state index in [2.05, 4.69) is 0 Å². The first-order chi connectivity index (χ1) is 9.95. The van der Waals surface area contributed by atoms with E-state index in [0.717, 1.165) is 15.3 Å². The normalized spacial score (nSPS) is 11.3. The fourth-order valence-electron chi connectivity index (χ4n) is 2.03. The quantitative estimate of drug-likeness (QED) is 0.881. The van der Waals surface area contributed by atoms with Crippen LogP contribution in [0.1, 0.15) is 18.7 Å². The van der Waals surface area contributed by atoms with Gasteiger partial charge in [-0.25, -0.2) is 4.39 Å². The summed E-state index contributed by atoms with van der Waals surface area (Å²) in [5.41, 5.74) is 0.974. The maximum absolute atomic E-state index is 12.9. The summed E-state index contributed by atoms with van der Waals surface area (Å²) in [7, 11) is 0. The molecule has 1 aromatic heterocycles. The lowest BCUT2D eigenvalue weighted by molar-refractivity contribution is -0.138. The summed E-state index contributed by atoms with van der Waals surface area (Å²) >= 11 is 1.61. The predicted octanol–water partition coefficient (Wildman–Crippen LogP) is 3.85. The fraction of sp³-hybridized carbons (Fsp3) is 0.312. The Kier molecular flexibility index (Phi) is 5.09. The molecule has 0 saturated heterocycles. The number of nitrogens with zero attached hydrogens (tertiary/aromatic N) is 1. The SMILES string of the molecule is CC(C)N(CC(=O)O)Cc1ccc(-c2ccc(F)cc2)s1. The molecule has 0 aliphatic carbocycles. The zero-order valence-electron chi connectivity index (χ0n) is 12.0. The molecule has 112 valence electrons. The van der Waals surface area contributed by atoms with Crippen LogP contribution in [0.25, 0.3) is 10.4 Å². The van der Waals surface area contributed by atoms with Crippen LogP contribution in [0.5, 0.6) is 0 Å². The monoisotopic (exact) mass is 307 g/mol. The van der Waals surface area contributed by atoms with Crippen LogP contribution in [0.3, 0.4) is 0 Å². The van der Waals surface area contributed by atoms with Crippen molar-refractivity contribution < 1.29 is 14.3 Å². The number of benzene rings is 1. The molecule has 21 heavy (non-hydrogen) atoms. The molecule has 2 rings (SSSR count). The van der Waals surface area contributed by atoms with E-state index in [0.29, 0.717) is 6.54 Å². The van der Waals surface area contributed by atoms with Crippen molar-refractivity contribution in [3.8, 4) is 10.4 Å². The number of hydrogen-bond donors (Lipinski definition) is 1. The van der Waals surface area contributed by atoms with Crippen LogP contribution >= 0.6 is 11.3 Å². The van der Waals surface area contributed by atoms with Gasteiger partial charge in [0.15, 0.2) is 0 Å². The molecule has 0 unspecified atom stereocenters. The van der Waals surface area contributed by atoms with E-state index >= 15 is 0 Å². The minimum atomic E-state index is -0.820. The summed E-state index contributed by atoms with van der Waals surface area (Å²) < 4.78 is 12.9. The van der Waals surface area contributed by atoms with Gasteiger partial charge in [-0.2, -0.15) is 0 Å². The molecule has 1 heterocycles. The van der Waals surface area contributed by atoms with Crippen molar-refractivity contribution in [2.75, 3.05) is 6.54 Å². The number of rotatable bonds is 6. The van der Waals surface area contributed by atoms with E-state index in [1.807, 2.05) is 30.9 Å². The molecule has 0 bridgehead atoms. The van der Waals surface area contributed by atoms with Crippen LogP contribution in [-0.2, 0) is 11.3 Å². The molecular weight excluding hydrogens is 289 g/mol. The molecule has 5 heteroatoms. The Morgan fingerprint density at radius 3 is 2.48 bits per heavy atom. The van der Waals surface area contributed by atoms with Crippen LogP contribution in [0.15, 0.2) is 36.4 Å². The number of carboxylic acids is 1. The second-order valence-electron chi connectivity index (χ2n) is 5.17. The zero-order chi connectivity index (χ0) is 15.4. The van der Waals surface area contributed by atoms with Gasteiger partial charge in [0.25, 0.3) is 0 Å². The summed E-state index contributed by atoms with van der Waals surface area (Å²) in [4.78, 5) is 15.0. The Bertz CT molecular complexity index is 607. The van der Waals surface area contributed by atoms with Gasteiger partial charge in [-0.3, -0.25) is 9.69 Å². The second-order valence-corrected chi connectivity index (χ2v) is 6.33. The Morgan fingerprint density at radius 1 is 1.24 bits per heavy atom. The van der Waals surface area contributed by atoms with Crippen LogP contribution in [0, 0.1) is 5.82 Å². The summed E-state index contributed by atoms with van der Waals surface area (Å²) in [6, 6.07) is 10.6. The van der Waals surface area contributed by atoms with E-state index in [4.69, 9.17) is 5.11 Å². The van der Waals surface area contributed by atoms with Gasteiger partial charge < -0.3 is 5.11 Å². The first-order valence-corrected chi connectivity index (χ1v) is 7.58. The van der Waals surface area contributed by atoms with Gasteiger partial charge in [0, 0.05) is 22.3 Å². The molecule has 0 saturated carbocycles. The number of halogens is 1. The van der Waals surface area contributed by atoms with Gasteiger partial charge in [-0.05, 0) is 43.7 Å². The van der Waals surface area contributed by atoms with Crippen molar-refractivity contribution in [2.24, 2.45) is 0 Å². The number of thiophene rings is 1. The van der Waals surface area contributed by atoms with Crippen molar-refractivity contribution in [1.29, 1.82) is 0 Å². The maximum atomic E-state index is 12.9. The van der Waals surface area contributed by atoms with E-state index in [1.165, 1.54) is 12.1 Å². The molecule has 0 aliphatic rings. The number of hydrogen-bond acceptors (Lipinski definition) is 3. The van der Waals surface area contributed by atoms with Crippen LogP contribution < -0.4 is 0 Å². The Balaban J connectivity index is 2.11. The lowest BCUT2D eigenvalue weighted by Gasteiger charge is -2.23. The highest BCUT2D eigenvalue weighted by Gasteiger charge is 2.15. The van der Waals surface area contributed by atoms with Crippen molar-refractivity contribution in [3.05, 3.63) is 47.1 Å². The highest BCUT2D eigenvalue weighted by Crippen LogP contribution is 2.29. The number of carboxylic acid groups (broad SMARTS) is 1. The third-order valence-electron chi connectivity index (χ3n) is 3.22. The molecular formula is C16H18FNO2S. The first kappa shape index (κ1) is 15.7. The zero-order valence-corrected chi connectivity index (χ0v) is 12.9. The van der Waals surface area contributed by atoms with E-state index in [1.54, 1.807) is 23.5 Å². The molecule has 1 N–H and O–H groups in total. The molecule has 3 nitrogen and oxygen atoms in total. The minimum Gasteiger partial charge on any atom is -0.480 e. The van der Waals surface area contributed by atoms with E-state index < -0.39 is 5.97 Å². The summed E-state index contributed by atoms with van der Waals surface area (Å²) in [5, 5.41) is 8.95. The number of aliphatic carboxylic acids is 1. The molecule has 0 aliphatic heterocycles. The second kappa shape index (κ2) is 6.83. The van der Waals surface area contributed by atoms with E-state index in [9.17, 15) is 9.18 Å². The first-order valence-electron chi connectivity index (χ1n) is 6.76. The molecule has 1 aromatic carbocycles. The largest absolute Gasteiger partial charge is 0.480 e. The number of carbonyl (C=O) groups is 1. The van der Waals surface area contributed by atoms with Gasteiger partial charge >= 0.3 is 5.97 Å². The molecule has 0 radical (unpaired) electrons. The standard InChI is InChI=1S/C16H18FNO2S/c1-11(2)18(10-16(19)20)9-14-7-8-15(21-14)12-3-5-13(17)6-4-12/h3-8,11H,9-10H2,1-2H3,(H,19,20). The molecule has 2 aromatic rings. The van der Waals surface area contributed by atoms with Crippen molar-refractivity contribution in [3.63, 3.8) is 0 Å². The Hall–Kier alpha value is -1.72.